The Hall–Kier alpha value is -4.74. The topological polar surface area (TPSA) is 160 Å². The van der Waals surface area contributed by atoms with Crippen LogP contribution in [0.1, 0.15) is 31.7 Å². The van der Waals surface area contributed by atoms with E-state index >= 15 is 0 Å². The van der Waals surface area contributed by atoms with Gasteiger partial charge in [-0.3, -0.25) is 10.1 Å². The number of dihydropyridines is 1. The maximum Gasteiger partial charge on any atom is 0.336 e. The van der Waals surface area contributed by atoms with Crippen molar-refractivity contribution in [1.29, 1.82) is 0 Å². The predicted molar refractivity (Wildman–Crippen MR) is 156 cm³/mol. The molecular formula is C31H33N3O8. The number of rotatable bonds is 13. The van der Waals surface area contributed by atoms with Crippen LogP contribution in [-0.4, -0.2) is 59.5 Å². The number of nitro groups is 1. The van der Waals surface area contributed by atoms with E-state index in [1.807, 2.05) is 42.5 Å². The molecule has 11 nitrogen and oxygen atoms in total. The van der Waals surface area contributed by atoms with Crippen LogP contribution in [0.15, 0.2) is 89.3 Å². The Labute approximate surface area is 242 Å². The van der Waals surface area contributed by atoms with Crippen molar-refractivity contribution in [2.75, 3.05) is 26.3 Å². The molecule has 0 amide bonds. The van der Waals surface area contributed by atoms with E-state index in [-0.39, 0.29) is 36.6 Å². The van der Waals surface area contributed by atoms with Crippen molar-refractivity contribution in [3.05, 3.63) is 105 Å². The maximum absolute atomic E-state index is 13.2. The molecule has 0 fully saturated rings. The number of aliphatic carboxylic acids is 1. The Kier molecular flexibility index (Phi) is 9.89. The van der Waals surface area contributed by atoms with Crippen molar-refractivity contribution in [3.8, 4) is 5.75 Å². The zero-order valence-electron chi connectivity index (χ0n) is 23.3. The predicted octanol–water partition coefficient (Wildman–Crippen LogP) is 4.03. The Morgan fingerprint density at radius 2 is 1.76 bits per heavy atom. The molecule has 1 aliphatic rings. The van der Waals surface area contributed by atoms with Gasteiger partial charge in [-0.05, 0) is 43.8 Å². The minimum Gasteiger partial charge on any atom is -0.490 e. The first-order chi connectivity index (χ1) is 20.2. The van der Waals surface area contributed by atoms with Gasteiger partial charge in [0.2, 0.25) is 0 Å². The van der Waals surface area contributed by atoms with Crippen molar-refractivity contribution < 1.29 is 34.2 Å². The van der Waals surface area contributed by atoms with Crippen LogP contribution in [-0.2, 0) is 14.3 Å². The summed E-state index contributed by atoms with van der Waals surface area (Å²) in [6, 6.07) is 19.2. The van der Waals surface area contributed by atoms with Crippen LogP contribution in [0.3, 0.4) is 0 Å². The lowest BCUT2D eigenvalue weighted by Crippen LogP contribution is -2.33. The third kappa shape index (κ3) is 7.12. The normalized spacial score (nSPS) is 15.7. The third-order valence-corrected chi connectivity index (χ3v) is 6.92. The summed E-state index contributed by atoms with van der Waals surface area (Å²) < 4.78 is 11.3. The number of nitrogens with one attached hydrogen (secondary N) is 2. The van der Waals surface area contributed by atoms with Gasteiger partial charge in [0.25, 0.3) is 5.69 Å². The van der Waals surface area contributed by atoms with Gasteiger partial charge in [0.1, 0.15) is 18.5 Å². The molecule has 11 heteroatoms. The average Bonchev–Trinajstić information content (AvgIpc) is 2.97. The highest BCUT2D eigenvalue weighted by Gasteiger charge is 2.37. The molecule has 0 radical (unpaired) electrons. The zero-order valence-corrected chi connectivity index (χ0v) is 23.3. The van der Waals surface area contributed by atoms with Crippen LogP contribution in [0.2, 0.25) is 0 Å². The number of ether oxygens (including phenoxy) is 2. The average molecular weight is 576 g/mol. The number of esters is 1. The fraction of sp³-hybridized carbons (Fsp3) is 0.290. The van der Waals surface area contributed by atoms with E-state index < -0.39 is 28.9 Å². The molecule has 3 aromatic carbocycles. The second-order valence-electron chi connectivity index (χ2n) is 9.93. The number of non-ortho nitro benzene ring substituents is 1. The number of allylic oxidation sites excluding steroid dienone is 2. The van der Waals surface area contributed by atoms with Gasteiger partial charge in [-0.2, -0.15) is 0 Å². The second kappa shape index (κ2) is 13.7. The molecule has 0 saturated carbocycles. The first-order valence-electron chi connectivity index (χ1n) is 13.5. The zero-order chi connectivity index (χ0) is 30.2. The number of benzene rings is 3. The van der Waals surface area contributed by atoms with Crippen molar-refractivity contribution >= 4 is 28.4 Å². The highest BCUT2D eigenvalue weighted by molar-refractivity contribution is 5.99. The molecule has 2 unspecified atom stereocenters. The highest BCUT2D eigenvalue weighted by Crippen LogP contribution is 2.39. The van der Waals surface area contributed by atoms with Crippen molar-refractivity contribution in [3.63, 3.8) is 0 Å². The number of fused-ring (bicyclic) bond motifs is 1. The standard InChI is InChI=1S/C31H33N3O8/c1-19-27(30(36)37)29(22-10-5-11-23(16-22)34(39)40)28(20(2)33-19)31(38)41-15-7-14-32-17-24(35)18-42-26-13-6-9-21-8-3-4-12-25(21)26/h3-6,8-13,16,24,29,32-33,35H,7,14-15,17-18H2,1-2H3,(H,36,37). The van der Waals surface area contributed by atoms with Gasteiger partial charge in [0.05, 0.1) is 28.6 Å². The number of hydrogen-bond acceptors (Lipinski definition) is 9. The van der Waals surface area contributed by atoms with Crippen LogP contribution in [0.25, 0.3) is 10.8 Å². The molecule has 1 heterocycles. The van der Waals surface area contributed by atoms with E-state index in [4.69, 9.17) is 9.47 Å². The summed E-state index contributed by atoms with van der Waals surface area (Å²) in [6.07, 6.45) is -0.322. The van der Waals surface area contributed by atoms with Crippen LogP contribution < -0.4 is 15.4 Å². The number of nitro benzene ring substituents is 1. The molecule has 4 N–H and O–H groups in total. The van der Waals surface area contributed by atoms with Crippen LogP contribution in [0.5, 0.6) is 5.75 Å². The Balaban J connectivity index is 1.30. The summed E-state index contributed by atoms with van der Waals surface area (Å²) in [4.78, 5) is 36.1. The van der Waals surface area contributed by atoms with E-state index in [0.29, 0.717) is 35.7 Å². The van der Waals surface area contributed by atoms with Gasteiger partial charge in [-0.25, -0.2) is 9.59 Å². The molecule has 0 spiro atoms. The molecule has 0 aromatic heterocycles. The lowest BCUT2D eigenvalue weighted by Gasteiger charge is -2.29. The van der Waals surface area contributed by atoms with E-state index in [2.05, 4.69) is 10.6 Å². The van der Waals surface area contributed by atoms with E-state index in [9.17, 15) is 29.9 Å². The second-order valence-corrected chi connectivity index (χ2v) is 9.93. The highest BCUT2D eigenvalue weighted by atomic mass is 16.6. The summed E-state index contributed by atoms with van der Waals surface area (Å²) >= 11 is 0. The molecule has 3 aromatic rings. The SMILES string of the molecule is CC1=C(C(=O)O)C(c2cccc([N+](=O)[O-])c2)C(C(=O)OCCCNCC(O)COc2cccc3ccccc23)=C(C)N1. The fourth-order valence-corrected chi connectivity index (χ4v) is 4.97. The molecule has 42 heavy (non-hydrogen) atoms. The summed E-state index contributed by atoms with van der Waals surface area (Å²) in [6.45, 7) is 4.07. The first-order valence-corrected chi connectivity index (χ1v) is 13.5. The van der Waals surface area contributed by atoms with Gasteiger partial charge in [0, 0.05) is 35.5 Å². The minimum atomic E-state index is -1.25. The third-order valence-electron chi connectivity index (χ3n) is 6.92. The minimum absolute atomic E-state index is 0.0397. The summed E-state index contributed by atoms with van der Waals surface area (Å²) in [5, 5.41) is 39.7. The lowest BCUT2D eigenvalue weighted by atomic mass is 9.80. The van der Waals surface area contributed by atoms with Gasteiger partial charge >= 0.3 is 11.9 Å². The number of nitrogens with zero attached hydrogens (tertiary/aromatic N) is 1. The summed E-state index contributed by atoms with van der Waals surface area (Å²) in [5.74, 6) is -2.32. The molecule has 0 bridgehead atoms. The lowest BCUT2D eigenvalue weighted by molar-refractivity contribution is -0.384. The Morgan fingerprint density at radius 3 is 2.52 bits per heavy atom. The van der Waals surface area contributed by atoms with Gasteiger partial charge < -0.3 is 30.3 Å². The number of carbonyl (C=O) groups excluding carboxylic acids is 1. The fourth-order valence-electron chi connectivity index (χ4n) is 4.97. The molecule has 220 valence electrons. The monoisotopic (exact) mass is 575 g/mol. The van der Waals surface area contributed by atoms with Crippen LogP contribution in [0.4, 0.5) is 5.69 Å². The van der Waals surface area contributed by atoms with Crippen LogP contribution >= 0.6 is 0 Å². The van der Waals surface area contributed by atoms with Gasteiger partial charge in [-0.1, -0.05) is 48.5 Å². The first kappa shape index (κ1) is 30.2. The van der Waals surface area contributed by atoms with Crippen LogP contribution in [0, 0.1) is 10.1 Å². The van der Waals surface area contributed by atoms with Crippen molar-refractivity contribution in [1.82, 2.24) is 10.6 Å². The van der Waals surface area contributed by atoms with E-state index in [1.165, 1.54) is 18.2 Å². The van der Waals surface area contributed by atoms with Gasteiger partial charge in [-0.15, -0.1) is 0 Å². The maximum atomic E-state index is 13.2. The smallest absolute Gasteiger partial charge is 0.336 e. The Bertz CT molecular complexity index is 1540. The summed E-state index contributed by atoms with van der Waals surface area (Å²) in [7, 11) is 0. The number of aliphatic hydroxyl groups is 1. The number of carbonyl (C=O) groups is 2. The summed E-state index contributed by atoms with van der Waals surface area (Å²) in [5.41, 5.74) is 0.818. The van der Waals surface area contributed by atoms with Crippen molar-refractivity contribution in [2.24, 2.45) is 0 Å². The van der Waals surface area contributed by atoms with Crippen molar-refractivity contribution in [2.45, 2.75) is 32.3 Å². The van der Waals surface area contributed by atoms with Gasteiger partial charge in [0.15, 0.2) is 0 Å². The molecule has 4 rings (SSSR count). The molecule has 1 aliphatic heterocycles. The number of carboxylic acid groups (broad SMARTS) is 1. The Morgan fingerprint density at radius 1 is 1.05 bits per heavy atom. The number of carboxylic acids is 1. The van der Waals surface area contributed by atoms with E-state index in [0.717, 1.165) is 10.8 Å². The molecule has 0 aliphatic carbocycles. The number of hydrogen-bond donors (Lipinski definition) is 4. The molecule has 2 atom stereocenters. The number of aliphatic hydroxyl groups excluding tert-OH is 1. The largest absolute Gasteiger partial charge is 0.490 e. The quantitative estimate of drug-likeness (QED) is 0.101. The molecule has 0 saturated heterocycles. The molecular weight excluding hydrogens is 542 g/mol. The van der Waals surface area contributed by atoms with E-state index in [1.54, 1.807) is 19.9 Å².